The van der Waals surface area contributed by atoms with Gasteiger partial charge >= 0.3 is 0 Å². The van der Waals surface area contributed by atoms with Gasteiger partial charge < -0.3 is 14.2 Å². The van der Waals surface area contributed by atoms with Gasteiger partial charge in [-0.05, 0) is 12.8 Å². The highest BCUT2D eigenvalue weighted by Gasteiger charge is 2.06. The Bertz CT molecular complexity index is 283. The molecule has 0 aromatic rings. The summed E-state index contributed by atoms with van der Waals surface area (Å²) in [6.07, 6.45) is 2.72. The standard InChI is InChI=1S/C18H34O5/c1-15(2)17(19)7-5-9-21-11-13-23-14-12-22-10-6-8-18(20)16(3)4/h15-16H,5-14H2,1-4H3. The van der Waals surface area contributed by atoms with Gasteiger partial charge in [-0.3, -0.25) is 9.59 Å². The SMILES string of the molecule is CC(C)C(=O)CCCOCCOCCOCCCC(=O)C(C)C. The van der Waals surface area contributed by atoms with Crippen LogP contribution in [0.25, 0.3) is 0 Å². The van der Waals surface area contributed by atoms with Crippen molar-refractivity contribution in [2.75, 3.05) is 39.6 Å². The fourth-order valence-corrected chi connectivity index (χ4v) is 1.82. The third-order valence-electron chi connectivity index (χ3n) is 3.46. The van der Waals surface area contributed by atoms with E-state index in [4.69, 9.17) is 14.2 Å². The summed E-state index contributed by atoms with van der Waals surface area (Å²) >= 11 is 0. The second-order valence-corrected chi connectivity index (χ2v) is 6.29. The Morgan fingerprint density at radius 1 is 0.609 bits per heavy atom. The molecule has 0 aliphatic rings. The fraction of sp³-hybridized carbons (Fsp3) is 0.889. The van der Waals surface area contributed by atoms with Gasteiger partial charge in [-0.15, -0.1) is 0 Å². The maximum atomic E-state index is 11.4. The number of ketones is 2. The number of ether oxygens (including phenoxy) is 3. The van der Waals surface area contributed by atoms with Crippen LogP contribution in [0.15, 0.2) is 0 Å². The van der Waals surface area contributed by atoms with Crippen molar-refractivity contribution in [3.63, 3.8) is 0 Å². The molecule has 0 fully saturated rings. The summed E-state index contributed by atoms with van der Waals surface area (Å²) in [6, 6.07) is 0. The number of Topliss-reactive ketones (excluding diaryl/α,β-unsaturated/α-hetero) is 2. The number of hydrogen-bond donors (Lipinski definition) is 0. The van der Waals surface area contributed by atoms with E-state index in [0.717, 1.165) is 12.8 Å². The van der Waals surface area contributed by atoms with Crippen molar-refractivity contribution < 1.29 is 23.8 Å². The quantitative estimate of drug-likeness (QED) is 0.407. The minimum atomic E-state index is 0.113. The molecular formula is C18H34O5. The van der Waals surface area contributed by atoms with Crippen LogP contribution in [-0.2, 0) is 23.8 Å². The second kappa shape index (κ2) is 14.8. The Hall–Kier alpha value is -0.780. The molecular weight excluding hydrogens is 296 g/mol. The Morgan fingerprint density at radius 2 is 0.913 bits per heavy atom. The van der Waals surface area contributed by atoms with Gasteiger partial charge in [-0.2, -0.15) is 0 Å². The van der Waals surface area contributed by atoms with Crippen molar-refractivity contribution in [2.45, 2.75) is 53.4 Å². The average molecular weight is 330 g/mol. The maximum absolute atomic E-state index is 11.4. The maximum Gasteiger partial charge on any atom is 0.135 e. The largest absolute Gasteiger partial charge is 0.379 e. The van der Waals surface area contributed by atoms with Crippen LogP contribution in [0.2, 0.25) is 0 Å². The molecule has 0 heterocycles. The van der Waals surface area contributed by atoms with E-state index in [0.29, 0.717) is 52.5 Å². The van der Waals surface area contributed by atoms with Crippen LogP contribution in [-0.4, -0.2) is 51.2 Å². The number of carbonyl (C=O) groups is 2. The topological polar surface area (TPSA) is 61.8 Å². The predicted octanol–water partition coefficient (Wildman–Crippen LogP) is 3.05. The molecule has 0 saturated heterocycles. The smallest absolute Gasteiger partial charge is 0.135 e. The van der Waals surface area contributed by atoms with Crippen molar-refractivity contribution in [1.29, 1.82) is 0 Å². The highest BCUT2D eigenvalue weighted by molar-refractivity contribution is 5.80. The lowest BCUT2D eigenvalue weighted by Crippen LogP contribution is -2.12. The Morgan fingerprint density at radius 3 is 1.22 bits per heavy atom. The minimum Gasteiger partial charge on any atom is -0.379 e. The molecule has 5 nitrogen and oxygen atoms in total. The lowest BCUT2D eigenvalue weighted by Gasteiger charge is -2.07. The summed E-state index contributed by atoms with van der Waals surface area (Å²) in [4.78, 5) is 22.8. The average Bonchev–Trinajstić information content (AvgIpc) is 2.50. The highest BCUT2D eigenvalue weighted by Crippen LogP contribution is 2.02. The van der Waals surface area contributed by atoms with Gasteiger partial charge in [-0.1, -0.05) is 27.7 Å². The Labute approximate surface area is 141 Å². The minimum absolute atomic E-state index is 0.113. The lowest BCUT2D eigenvalue weighted by molar-refractivity contribution is -0.122. The monoisotopic (exact) mass is 330 g/mol. The van der Waals surface area contributed by atoms with Crippen molar-refractivity contribution in [3.05, 3.63) is 0 Å². The van der Waals surface area contributed by atoms with Gasteiger partial charge in [0.2, 0.25) is 0 Å². The fourth-order valence-electron chi connectivity index (χ4n) is 1.82. The molecule has 0 radical (unpaired) electrons. The second-order valence-electron chi connectivity index (χ2n) is 6.29. The molecule has 23 heavy (non-hydrogen) atoms. The van der Waals surface area contributed by atoms with Crippen LogP contribution in [0.3, 0.4) is 0 Å². The zero-order chi connectivity index (χ0) is 17.5. The van der Waals surface area contributed by atoms with Crippen molar-refractivity contribution in [1.82, 2.24) is 0 Å². The van der Waals surface area contributed by atoms with E-state index in [9.17, 15) is 9.59 Å². The van der Waals surface area contributed by atoms with E-state index in [1.807, 2.05) is 27.7 Å². The van der Waals surface area contributed by atoms with E-state index < -0.39 is 0 Å². The molecule has 0 unspecified atom stereocenters. The predicted molar refractivity (Wildman–Crippen MR) is 90.6 cm³/mol. The van der Waals surface area contributed by atoms with Gasteiger partial charge in [0.1, 0.15) is 11.6 Å². The first-order valence-corrected chi connectivity index (χ1v) is 8.73. The van der Waals surface area contributed by atoms with Crippen molar-refractivity contribution in [2.24, 2.45) is 11.8 Å². The van der Waals surface area contributed by atoms with Crippen LogP contribution in [0, 0.1) is 11.8 Å². The van der Waals surface area contributed by atoms with Crippen LogP contribution in [0.1, 0.15) is 53.4 Å². The molecule has 0 atom stereocenters. The first-order chi connectivity index (χ1) is 10.9. The first-order valence-electron chi connectivity index (χ1n) is 8.73. The molecule has 136 valence electrons. The van der Waals surface area contributed by atoms with E-state index in [-0.39, 0.29) is 23.4 Å². The highest BCUT2D eigenvalue weighted by atomic mass is 16.5. The summed E-state index contributed by atoms with van der Waals surface area (Å²) in [5.41, 5.74) is 0. The number of hydrogen-bond acceptors (Lipinski definition) is 5. The van der Waals surface area contributed by atoms with Crippen LogP contribution >= 0.6 is 0 Å². The number of carbonyl (C=O) groups excluding carboxylic acids is 2. The molecule has 0 amide bonds. The molecule has 0 aromatic carbocycles. The van der Waals surface area contributed by atoms with Crippen molar-refractivity contribution in [3.8, 4) is 0 Å². The molecule has 0 bridgehead atoms. The van der Waals surface area contributed by atoms with Gasteiger partial charge in [0.15, 0.2) is 0 Å². The molecule has 0 N–H and O–H groups in total. The number of rotatable bonds is 16. The molecule has 0 spiro atoms. The van der Waals surface area contributed by atoms with Crippen LogP contribution < -0.4 is 0 Å². The summed E-state index contributed by atoms with van der Waals surface area (Å²) in [7, 11) is 0. The molecule has 0 rings (SSSR count). The van der Waals surface area contributed by atoms with Crippen LogP contribution in [0.5, 0.6) is 0 Å². The molecule has 0 aliphatic carbocycles. The Balaban J connectivity index is 3.17. The molecule has 0 aliphatic heterocycles. The van der Waals surface area contributed by atoms with Crippen molar-refractivity contribution >= 4 is 11.6 Å². The summed E-state index contributed by atoms with van der Waals surface area (Å²) in [6.45, 7) is 11.0. The zero-order valence-electron chi connectivity index (χ0n) is 15.3. The van der Waals surface area contributed by atoms with E-state index >= 15 is 0 Å². The molecule has 5 heteroatoms. The van der Waals surface area contributed by atoms with Gasteiger partial charge in [0.05, 0.1) is 26.4 Å². The molecule has 0 aromatic heterocycles. The first kappa shape index (κ1) is 22.2. The third kappa shape index (κ3) is 14.5. The van der Waals surface area contributed by atoms with E-state index in [2.05, 4.69) is 0 Å². The third-order valence-corrected chi connectivity index (χ3v) is 3.46. The Kier molecular flexibility index (Phi) is 14.3. The van der Waals surface area contributed by atoms with Gasteiger partial charge in [0, 0.05) is 37.9 Å². The van der Waals surface area contributed by atoms with E-state index in [1.54, 1.807) is 0 Å². The van der Waals surface area contributed by atoms with E-state index in [1.165, 1.54) is 0 Å². The summed E-state index contributed by atoms with van der Waals surface area (Å²) in [5, 5.41) is 0. The lowest BCUT2D eigenvalue weighted by atomic mass is 10.1. The molecule has 0 saturated carbocycles. The zero-order valence-corrected chi connectivity index (χ0v) is 15.3. The van der Waals surface area contributed by atoms with Crippen LogP contribution in [0.4, 0.5) is 0 Å². The normalized spacial score (nSPS) is 11.4. The summed E-state index contributed by atoms with van der Waals surface area (Å²) in [5.74, 6) is 0.804. The van der Waals surface area contributed by atoms with Gasteiger partial charge in [-0.25, -0.2) is 0 Å². The van der Waals surface area contributed by atoms with Gasteiger partial charge in [0.25, 0.3) is 0 Å². The summed E-state index contributed by atoms with van der Waals surface area (Å²) < 4.78 is 16.2.